The Balaban J connectivity index is 2.15. The van der Waals surface area contributed by atoms with Crippen LogP contribution in [0.1, 0.15) is 23.2 Å². The number of hydrogen-bond donors (Lipinski definition) is 1. The van der Waals surface area contributed by atoms with E-state index in [9.17, 15) is 9.90 Å². The molecule has 0 amide bonds. The topological polar surface area (TPSA) is 59.0 Å². The Morgan fingerprint density at radius 1 is 1.53 bits per heavy atom. The van der Waals surface area contributed by atoms with Crippen LogP contribution in [0.2, 0.25) is 0 Å². The number of hydrogen-bond acceptors (Lipinski definition) is 4. The lowest BCUT2D eigenvalue weighted by molar-refractivity contribution is 0.0689. The summed E-state index contributed by atoms with van der Waals surface area (Å²) in [6.07, 6.45) is 2.23. The number of likely N-dealkylation sites (tertiary alicyclic amines) is 1. The molecule has 1 heterocycles. The Morgan fingerprint density at radius 2 is 2.32 bits per heavy atom. The van der Waals surface area contributed by atoms with Gasteiger partial charge in [0.1, 0.15) is 12.2 Å². The molecule has 1 saturated heterocycles. The quantitative estimate of drug-likeness (QED) is 0.880. The van der Waals surface area contributed by atoms with E-state index in [2.05, 4.69) is 11.9 Å². The molecule has 1 N–H and O–H groups in total. The lowest BCUT2D eigenvalue weighted by Crippen LogP contribution is -2.30. The van der Waals surface area contributed by atoms with Crippen molar-refractivity contribution < 1.29 is 19.4 Å². The second-order valence-electron chi connectivity index (χ2n) is 4.73. The van der Waals surface area contributed by atoms with Gasteiger partial charge in [-0.2, -0.15) is 0 Å². The van der Waals surface area contributed by atoms with Crippen molar-refractivity contribution in [2.24, 2.45) is 0 Å². The highest BCUT2D eigenvalue weighted by Gasteiger charge is 2.23. The largest absolute Gasteiger partial charge is 0.493 e. The molecule has 0 radical (unpaired) electrons. The average Bonchev–Trinajstić information content (AvgIpc) is 2.81. The highest BCUT2D eigenvalue weighted by molar-refractivity contribution is 5.92. The molecule has 5 heteroatoms. The van der Waals surface area contributed by atoms with Crippen LogP contribution in [-0.2, 0) is 0 Å². The molecule has 0 spiro atoms. The first-order valence-electron chi connectivity index (χ1n) is 6.37. The van der Waals surface area contributed by atoms with Crippen LogP contribution in [-0.4, -0.2) is 49.3 Å². The zero-order chi connectivity index (χ0) is 13.8. The van der Waals surface area contributed by atoms with E-state index in [1.165, 1.54) is 13.2 Å². The summed E-state index contributed by atoms with van der Waals surface area (Å²) >= 11 is 0. The first-order chi connectivity index (χ1) is 9.13. The van der Waals surface area contributed by atoms with Gasteiger partial charge < -0.3 is 19.5 Å². The first-order valence-corrected chi connectivity index (χ1v) is 6.37. The molecule has 1 aliphatic rings. The molecule has 1 aromatic rings. The lowest BCUT2D eigenvalue weighted by Gasteiger charge is -2.21. The van der Waals surface area contributed by atoms with E-state index in [0.717, 1.165) is 19.4 Å². The highest BCUT2D eigenvalue weighted by atomic mass is 16.5. The normalized spacial score (nSPS) is 19.4. The van der Waals surface area contributed by atoms with Crippen LogP contribution in [0.3, 0.4) is 0 Å². The monoisotopic (exact) mass is 265 g/mol. The van der Waals surface area contributed by atoms with E-state index in [1.54, 1.807) is 12.1 Å². The Labute approximate surface area is 112 Å². The predicted octanol–water partition coefficient (Wildman–Crippen LogP) is 1.87. The number of para-hydroxylation sites is 1. The van der Waals surface area contributed by atoms with E-state index in [4.69, 9.17) is 9.47 Å². The van der Waals surface area contributed by atoms with Crippen molar-refractivity contribution in [1.82, 2.24) is 4.90 Å². The minimum absolute atomic E-state index is 0.139. The second kappa shape index (κ2) is 5.93. The Kier molecular flexibility index (Phi) is 4.27. The number of nitrogens with zero attached hydrogens (tertiary/aromatic N) is 1. The van der Waals surface area contributed by atoms with Crippen LogP contribution in [0.25, 0.3) is 0 Å². The van der Waals surface area contributed by atoms with E-state index in [0.29, 0.717) is 24.1 Å². The van der Waals surface area contributed by atoms with Crippen LogP contribution >= 0.6 is 0 Å². The van der Waals surface area contributed by atoms with Crippen LogP contribution in [0.15, 0.2) is 18.2 Å². The molecule has 104 valence electrons. The zero-order valence-electron chi connectivity index (χ0n) is 11.3. The van der Waals surface area contributed by atoms with Gasteiger partial charge in [-0.3, -0.25) is 0 Å². The maximum Gasteiger partial charge on any atom is 0.339 e. The number of aromatic carboxylic acids is 1. The molecule has 1 aromatic carbocycles. The van der Waals surface area contributed by atoms with Gasteiger partial charge in [-0.15, -0.1) is 0 Å². The number of carboxylic acid groups (broad SMARTS) is 1. The van der Waals surface area contributed by atoms with Crippen LogP contribution in [0.4, 0.5) is 0 Å². The third kappa shape index (κ3) is 2.98. The van der Waals surface area contributed by atoms with E-state index < -0.39 is 5.97 Å². The molecular formula is C14H19NO4. The Bertz CT molecular complexity index is 461. The second-order valence-corrected chi connectivity index (χ2v) is 4.73. The van der Waals surface area contributed by atoms with Gasteiger partial charge in [-0.05, 0) is 38.6 Å². The van der Waals surface area contributed by atoms with Crippen molar-refractivity contribution in [3.63, 3.8) is 0 Å². The van der Waals surface area contributed by atoms with Crippen molar-refractivity contribution in [3.05, 3.63) is 23.8 Å². The van der Waals surface area contributed by atoms with Gasteiger partial charge >= 0.3 is 5.97 Å². The van der Waals surface area contributed by atoms with Gasteiger partial charge in [0.15, 0.2) is 11.5 Å². The van der Waals surface area contributed by atoms with Crippen molar-refractivity contribution in [1.29, 1.82) is 0 Å². The minimum atomic E-state index is -1.01. The van der Waals surface area contributed by atoms with Crippen molar-refractivity contribution in [2.75, 3.05) is 27.3 Å². The summed E-state index contributed by atoms with van der Waals surface area (Å²) in [6, 6.07) is 5.22. The fourth-order valence-electron chi connectivity index (χ4n) is 2.36. The predicted molar refractivity (Wildman–Crippen MR) is 71.1 cm³/mol. The van der Waals surface area contributed by atoms with Gasteiger partial charge in [0.2, 0.25) is 0 Å². The maximum atomic E-state index is 11.2. The molecule has 0 aromatic heterocycles. The standard InChI is InChI=1S/C14H19NO4/c1-15-8-4-5-10(15)9-19-13-11(14(16)17)6-3-7-12(13)18-2/h3,6-7,10H,4-5,8-9H2,1-2H3,(H,16,17). The van der Waals surface area contributed by atoms with E-state index in [-0.39, 0.29) is 5.56 Å². The molecule has 5 nitrogen and oxygen atoms in total. The van der Waals surface area contributed by atoms with Crippen molar-refractivity contribution in [2.45, 2.75) is 18.9 Å². The average molecular weight is 265 g/mol. The number of benzene rings is 1. The number of ether oxygens (including phenoxy) is 2. The summed E-state index contributed by atoms with van der Waals surface area (Å²) in [7, 11) is 3.57. The minimum Gasteiger partial charge on any atom is -0.493 e. The van der Waals surface area contributed by atoms with Crippen molar-refractivity contribution in [3.8, 4) is 11.5 Å². The van der Waals surface area contributed by atoms with Crippen LogP contribution < -0.4 is 9.47 Å². The Hall–Kier alpha value is -1.75. The summed E-state index contributed by atoms with van der Waals surface area (Å²) in [5.74, 6) is -0.230. The number of likely N-dealkylation sites (N-methyl/N-ethyl adjacent to an activating group) is 1. The first kappa shape index (κ1) is 13.7. The molecule has 1 aliphatic heterocycles. The van der Waals surface area contributed by atoms with E-state index in [1.807, 2.05) is 0 Å². The molecule has 19 heavy (non-hydrogen) atoms. The molecular weight excluding hydrogens is 246 g/mol. The molecule has 1 atom stereocenters. The fourth-order valence-corrected chi connectivity index (χ4v) is 2.36. The molecule has 1 unspecified atom stereocenters. The summed E-state index contributed by atoms with van der Waals surface area (Å²) in [4.78, 5) is 13.4. The highest BCUT2D eigenvalue weighted by Crippen LogP contribution is 2.31. The van der Waals surface area contributed by atoms with Gasteiger partial charge in [0.05, 0.1) is 7.11 Å². The SMILES string of the molecule is COc1cccc(C(=O)O)c1OCC1CCCN1C. The fraction of sp³-hybridized carbons (Fsp3) is 0.500. The smallest absolute Gasteiger partial charge is 0.339 e. The lowest BCUT2D eigenvalue weighted by atomic mass is 10.2. The summed E-state index contributed by atoms with van der Waals surface area (Å²) in [5.41, 5.74) is 0.139. The molecule has 0 aliphatic carbocycles. The third-order valence-corrected chi connectivity index (χ3v) is 3.52. The Morgan fingerprint density at radius 3 is 2.89 bits per heavy atom. The number of methoxy groups -OCH3 is 1. The van der Waals surface area contributed by atoms with Crippen molar-refractivity contribution >= 4 is 5.97 Å². The zero-order valence-corrected chi connectivity index (χ0v) is 11.3. The summed E-state index contributed by atoms with van der Waals surface area (Å²) in [6.45, 7) is 1.54. The van der Waals surface area contributed by atoms with Crippen LogP contribution in [0, 0.1) is 0 Å². The third-order valence-electron chi connectivity index (χ3n) is 3.52. The maximum absolute atomic E-state index is 11.2. The summed E-state index contributed by atoms with van der Waals surface area (Å²) in [5, 5.41) is 9.18. The van der Waals surface area contributed by atoms with Gasteiger partial charge in [0, 0.05) is 6.04 Å². The summed E-state index contributed by atoms with van der Waals surface area (Å²) < 4.78 is 10.9. The molecule has 2 rings (SSSR count). The number of carbonyl (C=O) groups is 1. The number of rotatable bonds is 5. The van der Waals surface area contributed by atoms with Crippen LogP contribution in [0.5, 0.6) is 11.5 Å². The number of carboxylic acids is 1. The van der Waals surface area contributed by atoms with Gasteiger partial charge in [-0.1, -0.05) is 6.07 Å². The van der Waals surface area contributed by atoms with E-state index >= 15 is 0 Å². The molecule has 0 saturated carbocycles. The van der Waals surface area contributed by atoms with Gasteiger partial charge in [-0.25, -0.2) is 4.79 Å². The molecule has 0 bridgehead atoms. The molecule has 1 fully saturated rings. The van der Waals surface area contributed by atoms with Gasteiger partial charge in [0.25, 0.3) is 0 Å².